The predicted molar refractivity (Wildman–Crippen MR) is 118 cm³/mol. The first-order valence-corrected chi connectivity index (χ1v) is 10.9. The van der Waals surface area contributed by atoms with E-state index < -0.39 is 0 Å². The number of hydrogen-bond acceptors (Lipinski definition) is 3. The number of amides is 1. The van der Waals surface area contributed by atoms with Crippen molar-refractivity contribution in [2.45, 2.75) is 51.6 Å². The Morgan fingerprint density at radius 2 is 1.90 bits per heavy atom. The Balaban J connectivity index is 1.62. The van der Waals surface area contributed by atoms with Gasteiger partial charge in [0.25, 0.3) is 5.91 Å². The molecule has 0 bridgehead atoms. The number of hydrazone groups is 1. The summed E-state index contributed by atoms with van der Waals surface area (Å²) in [5, 5.41) is 7.15. The van der Waals surface area contributed by atoms with Gasteiger partial charge < -0.3 is 0 Å². The van der Waals surface area contributed by atoms with Gasteiger partial charge in [-0.3, -0.25) is 9.69 Å². The Bertz CT molecular complexity index is 909. The molecule has 1 fully saturated rings. The molecule has 2 atom stereocenters. The summed E-state index contributed by atoms with van der Waals surface area (Å²) in [5.74, 6) is 0.0615. The fraction of sp³-hybridized carbons (Fsp3) is 0.417. The standard InChI is InChI=1S/C24H28ClN3O/c1-17-10-12-19(13-11-17)23-15-22(20-8-3-4-9-21(20)25)26-28(23)24(29)16-27-14-6-5-7-18(27)2/h3-4,8-13,18,23H,5-7,14-16H2,1-2H3/t18-,23-/m1/s1. The third-order valence-corrected chi connectivity index (χ3v) is 6.42. The van der Waals surface area contributed by atoms with Gasteiger partial charge in [-0.15, -0.1) is 0 Å². The van der Waals surface area contributed by atoms with E-state index in [1.54, 1.807) is 5.01 Å². The molecule has 2 aromatic carbocycles. The van der Waals surface area contributed by atoms with E-state index in [1.165, 1.54) is 12.0 Å². The van der Waals surface area contributed by atoms with Crippen LogP contribution in [0.5, 0.6) is 0 Å². The summed E-state index contributed by atoms with van der Waals surface area (Å²) in [6.07, 6.45) is 4.24. The summed E-state index contributed by atoms with van der Waals surface area (Å²) >= 11 is 6.43. The molecule has 1 saturated heterocycles. The van der Waals surface area contributed by atoms with Gasteiger partial charge in [0.05, 0.1) is 18.3 Å². The number of rotatable bonds is 4. The van der Waals surface area contributed by atoms with E-state index in [4.69, 9.17) is 16.7 Å². The first-order valence-electron chi connectivity index (χ1n) is 10.5. The second kappa shape index (κ2) is 8.68. The average Bonchev–Trinajstić information content (AvgIpc) is 3.16. The van der Waals surface area contributed by atoms with Crippen LogP contribution >= 0.6 is 11.6 Å². The smallest absolute Gasteiger partial charge is 0.257 e. The first-order chi connectivity index (χ1) is 14.0. The Hall–Kier alpha value is -2.17. The third-order valence-electron chi connectivity index (χ3n) is 6.09. The molecular weight excluding hydrogens is 382 g/mol. The van der Waals surface area contributed by atoms with Gasteiger partial charge in [-0.25, -0.2) is 5.01 Å². The summed E-state index contributed by atoms with van der Waals surface area (Å²) < 4.78 is 0. The van der Waals surface area contributed by atoms with Crippen LogP contribution in [0.1, 0.15) is 55.3 Å². The largest absolute Gasteiger partial charge is 0.292 e. The van der Waals surface area contributed by atoms with E-state index in [2.05, 4.69) is 43.0 Å². The highest BCUT2D eigenvalue weighted by molar-refractivity contribution is 6.34. The number of aryl methyl sites for hydroxylation is 1. The number of benzene rings is 2. The molecule has 2 aliphatic heterocycles. The first kappa shape index (κ1) is 20.1. The fourth-order valence-corrected chi connectivity index (χ4v) is 4.53. The number of piperidine rings is 1. The van der Waals surface area contributed by atoms with E-state index in [-0.39, 0.29) is 11.9 Å². The molecule has 2 heterocycles. The Kier molecular flexibility index (Phi) is 6.02. The van der Waals surface area contributed by atoms with Crippen LogP contribution in [0.15, 0.2) is 53.6 Å². The van der Waals surface area contributed by atoms with Crippen LogP contribution in [-0.2, 0) is 4.79 Å². The molecule has 0 N–H and O–H groups in total. The highest BCUT2D eigenvalue weighted by Crippen LogP contribution is 2.34. The van der Waals surface area contributed by atoms with Gasteiger partial charge in [0.1, 0.15) is 0 Å². The molecule has 0 aliphatic carbocycles. The van der Waals surface area contributed by atoms with Gasteiger partial charge in [0.15, 0.2) is 0 Å². The van der Waals surface area contributed by atoms with Crippen molar-refractivity contribution in [3.05, 3.63) is 70.2 Å². The lowest BCUT2D eigenvalue weighted by Crippen LogP contribution is -2.44. The van der Waals surface area contributed by atoms with Crippen molar-refractivity contribution >= 4 is 23.2 Å². The van der Waals surface area contributed by atoms with Crippen molar-refractivity contribution < 1.29 is 4.79 Å². The molecule has 0 saturated carbocycles. The summed E-state index contributed by atoms with van der Waals surface area (Å²) in [5.41, 5.74) is 4.11. The SMILES string of the molecule is Cc1ccc([C@H]2CC(c3ccccc3Cl)=NN2C(=O)CN2CCCC[C@H]2C)cc1. The summed E-state index contributed by atoms with van der Waals surface area (Å²) in [7, 11) is 0. The third kappa shape index (κ3) is 4.39. The van der Waals surface area contributed by atoms with E-state index >= 15 is 0 Å². The van der Waals surface area contributed by atoms with Crippen molar-refractivity contribution in [1.82, 2.24) is 9.91 Å². The van der Waals surface area contributed by atoms with Crippen LogP contribution in [0, 0.1) is 6.92 Å². The summed E-state index contributed by atoms with van der Waals surface area (Å²) in [6.45, 7) is 5.69. The Labute approximate surface area is 178 Å². The zero-order valence-electron chi connectivity index (χ0n) is 17.1. The minimum atomic E-state index is -0.0885. The van der Waals surface area contributed by atoms with E-state index in [0.29, 0.717) is 24.0 Å². The topological polar surface area (TPSA) is 35.9 Å². The maximum atomic E-state index is 13.3. The van der Waals surface area contributed by atoms with E-state index in [1.807, 2.05) is 24.3 Å². The second-order valence-electron chi connectivity index (χ2n) is 8.21. The second-order valence-corrected chi connectivity index (χ2v) is 8.62. The lowest BCUT2D eigenvalue weighted by Gasteiger charge is -2.34. The zero-order chi connectivity index (χ0) is 20.4. The van der Waals surface area contributed by atoms with Gasteiger partial charge in [-0.2, -0.15) is 5.10 Å². The predicted octanol–water partition coefficient (Wildman–Crippen LogP) is 5.20. The van der Waals surface area contributed by atoms with Crippen molar-refractivity contribution in [2.75, 3.05) is 13.1 Å². The van der Waals surface area contributed by atoms with Crippen LogP contribution < -0.4 is 0 Å². The summed E-state index contributed by atoms with van der Waals surface area (Å²) in [6, 6.07) is 16.5. The number of hydrogen-bond donors (Lipinski definition) is 0. The van der Waals surface area contributed by atoms with Crippen molar-refractivity contribution in [2.24, 2.45) is 5.10 Å². The number of nitrogens with zero attached hydrogens (tertiary/aromatic N) is 3. The van der Waals surface area contributed by atoms with Crippen LogP contribution in [0.2, 0.25) is 5.02 Å². The van der Waals surface area contributed by atoms with Crippen LogP contribution in [0.3, 0.4) is 0 Å². The Morgan fingerprint density at radius 3 is 2.62 bits per heavy atom. The van der Waals surface area contributed by atoms with Crippen molar-refractivity contribution in [1.29, 1.82) is 0 Å². The normalized spacial score (nSPS) is 22.6. The molecule has 0 unspecified atom stereocenters. The number of likely N-dealkylation sites (tertiary alicyclic amines) is 1. The van der Waals surface area contributed by atoms with Gasteiger partial charge in [0.2, 0.25) is 0 Å². The van der Waals surface area contributed by atoms with E-state index in [9.17, 15) is 4.79 Å². The average molecular weight is 410 g/mol. The van der Waals surface area contributed by atoms with Gasteiger partial charge in [-0.1, -0.05) is 66.0 Å². The molecule has 5 heteroatoms. The molecule has 1 amide bonds. The van der Waals surface area contributed by atoms with Gasteiger partial charge in [0, 0.05) is 23.0 Å². The lowest BCUT2D eigenvalue weighted by atomic mass is 9.97. The van der Waals surface area contributed by atoms with Crippen LogP contribution in [-0.4, -0.2) is 40.7 Å². The minimum absolute atomic E-state index is 0.0615. The molecule has 29 heavy (non-hydrogen) atoms. The molecular formula is C24H28ClN3O. The van der Waals surface area contributed by atoms with Crippen LogP contribution in [0.25, 0.3) is 0 Å². The fourth-order valence-electron chi connectivity index (χ4n) is 4.29. The maximum Gasteiger partial charge on any atom is 0.257 e. The highest BCUT2D eigenvalue weighted by Gasteiger charge is 2.35. The number of carbonyl (C=O) groups excluding carboxylic acids is 1. The van der Waals surface area contributed by atoms with Gasteiger partial charge >= 0.3 is 0 Å². The molecule has 0 radical (unpaired) electrons. The number of carbonyl (C=O) groups is 1. The van der Waals surface area contributed by atoms with E-state index in [0.717, 1.165) is 36.2 Å². The Morgan fingerprint density at radius 1 is 1.14 bits per heavy atom. The molecule has 4 rings (SSSR count). The highest BCUT2D eigenvalue weighted by atomic mass is 35.5. The summed E-state index contributed by atoms with van der Waals surface area (Å²) in [4.78, 5) is 15.6. The monoisotopic (exact) mass is 409 g/mol. The molecule has 2 aromatic rings. The van der Waals surface area contributed by atoms with Crippen molar-refractivity contribution in [3.8, 4) is 0 Å². The van der Waals surface area contributed by atoms with Crippen molar-refractivity contribution in [3.63, 3.8) is 0 Å². The molecule has 0 aromatic heterocycles. The lowest BCUT2D eigenvalue weighted by molar-refractivity contribution is -0.135. The quantitative estimate of drug-likeness (QED) is 0.695. The molecule has 152 valence electrons. The number of halogens is 1. The zero-order valence-corrected chi connectivity index (χ0v) is 17.9. The molecule has 2 aliphatic rings. The molecule has 4 nitrogen and oxygen atoms in total. The maximum absolute atomic E-state index is 13.3. The molecule has 0 spiro atoms. The van der Waals surface area contributed by atoms with Crippen LogP contribution in [0.4, 0.5) is 0 Å². The van der Waals surface area contributed by atoms with Gasteiger partial charge in [-0.05, 0) is 44.9 Å². The minimum Gasteiger partial charge on any atom is -0.292 e.